The van der Waals surface area contributed by atoms with Crippen LogP contribution >= 0.6 is 0 Å². The number of rotatable bonds is 5. The molecule has 9 aromatic rings. The van der Waals surface area contributed by atoms with Crippen LogP contribution in [-0.2, 0) is 0 Å². The average molecular weight is 678 g/mol. The summed E-state index contributed by atoms with van der Waals surface area (Å²) in [5, 5.41) is 2.32. The van der Waals surface area contributed by atoms with Gasteiger partial charge in [-0.2, -0.15) is 0 Å². The van der Waals surface area contributed by atoms with E-state index in [2.05, 4.69) is 208 Å². The molecule has 2 aliphatic rings. The van der Waals surface area contributed by atoms with Crippen LogP contribution in [0.1, 0.15) is 0 Å². The van der Waals surface area contributed by atoms with Crippen LogP contribution in [0.25, 0.3) is 27.5 Å². The average Bonchev–Trinajstić information content (AvgIpc) is 3.57. The van der Waals surface area contributed by atoms with Gasteiger partial charge in [-0.1, -0.05) is 109 Å². The molecule has 5 heteroatoms. The first kappa shape index (κ1) is 29.7. The van der Waals surface area contributed by atoms with Crippen LogP contribution in [0, 0.1) is 0 Å². The molecule has 0 bridgehead atoms. The largest absolute Gasteiger partial charge is 0.458 e. The first-order valence-corrected chi connectivity index (χ1v) is 18.1. The molecule has 0 aliphatic carbocycles. The van der Waals surface area contributed by atoms with E-state index in [1.165, 1.54) is 21.8 Å². The van der Waals surface area contributed by atoms with Gasteiger partial charge in [0.1, 0.15) is 11.5 Å². The number of anilines is 6. The molecule has 0 amide bonds. The van der Waals surface area contributed by atoms with Crippen molar-refractivity contribution < 1.29 is 4.74 Å². The topological polar surface area (TPSA) is 20.6 Å². The highest BCUT2D eigenvalue weighted by molar-refractivity contribution is 6.99. The highest BCUT2D eigenvalue weighted by Crippen LogP contribution is 2.46. The van der Waals surface area contributed by atoms with E-state index in [0.29, 0.717) is 0 Å². The summed E-state index contributed by atoms with van der Waals surface area (Å²) in [7, 11) is 0. The van der Waals surface area contributed by atoms with Crippen molar-refractivity contribution in [2.75, 3.05) is 9.80 Å². The fraction of sp³-hybridized carbons (Fsp3) is 0. The van der Waals surface area contributed by atoms with Gasteiger partial charge in [0.05, 0.1) is 16.4 Å². The van der Waals surface area contributed by atoms with Gasteiger partial charge in [0.15, 0.2) is 0 Å². The molecule has 0 fully saturated rings. The normalized spacial score (nSPS) is 12.6. The molecule has 0 unspecified atom stereocenters. The number of hydrogen-bond donors (Lipinski definition) is 0. The van der Waals surface area contributed by atoms with E-state index in [1.54, 1.807) is 0 Å². The van der Waals surface area contributed by atoms with E-state index in [0.717, 1.165) is 67.7 Å². The maximum Gasteiger partial charge on any atom is 0.256 e. The van der Waals surface area contributed by atoms with Crippen molar-refractivity contribution in [1.82, 2.24) is 4.57 Å². The van der Waals surface area contributed by atoms with Gasteiger partial charge in [-0.3, -0.25) is 0 Å². The monoisotopic (exact) mass is 677 g/mol. The van der Waals surface area contributed by atoms with Crippen LogP contribution in [0.5, 0.6) is 11.5 Å². The number of benzene rings is 8. The van der Waals surface area contributed by atoms with E-state index in [4.69, 9.17) is 4.74 Å². The second kappa shape index (κ2) is 11.8. The lowest BCUT2D eigenvalue weighted by molar-refractivity contribution is 0.493. The van der Waals surface area contributed by atoms with E-state index in [-0.39, 0.29) is 6.71 Å². The predicted octanol–water partition coefficient (Wildman–Crippen LogP) is 10.7. The molecule has 53 heavy (non-hydrogen) atoms. The molecule has 248 valence electrons. The summed E-state index contributed by atoms with van der Waals surface area (Å²) in [6, 6.07) is 69.4. The smallest absolute Gasteiger partial charge is 0.256 e. The maximum absolute atomic E-state index is 7.12. The highest BCUT2D eigenvalue weighted by Gasteiger charge is 2.43. The van der Waals surface area contributed by atoms with Crippen LogP contribution in [-0.4, -0.2) is 11.3 Å². The molecule has 0 saturated heterocycles. The van der Waals surface area contributed by atoms with E-state index in [9.17, 15) is 0 Å². The fourth-order valence-electron chi connectivity index (χ4n) is 8.63. The SMILES string of the molecule is c1ccc(N(c2ccccc2)c2ccc3c(c2)N(c2ccccc2)c2cccc4c2B3c2ccc3c(c2O4)c2ccccc2n3-c2ccccc2)cc1. The zero-order valence-corrected chi connectivity index (χ0v) is 28.8. The van der Waals surface area contributed by atoms with Gasteiger partial charge in [-0.15, -0.1) is 0 Å². The number of ether oxygens (including phenoxy) is 1. The number of aromatic nitrogens is 1. The minimum Gasteiger partial charge on any atom is -0.458 e. The second-order valence-electron chi connectivity index (χ2n) is 13.7. The lowest BCUT2D eigenvalue weighted by Crippen LogP contribution is -2.59. The van der Waals surface area contributed by atoms with Crippen LogP contribution in [0.3, 0.4) is 0 Å². The Morgan fingerprint density at radius 1 is 0.453 bits per heavy atom. The summed E-state index contributed by atoms with van der Waals surface area (Å²) in [5.74, 6) is 1.83. The summed E-state index contributed by atoms with van der Waals surface area (Å²) >= 11 is 0. The van der Waals surface area contributed by atoms with Crippen molar-refractivity contribution in [3.63, 3.8) is 0 Å². The summed E-state index contributed by atoms with van der Waals surface area (Å²) in [5.41, 5.74) is 13.7. The Morgan fingerprint density at radius 2 is 1.08 bits per heavy atom. The molecule has 8 aromatic carbocycles. The van der Waals surface area contributed by atoms with Crippen molar-refractivity contribution in [2.45, 2.75) is 0 Å². The zero-order valence-electron chi connectivity index (χ0n) is 28.8. The van der Waals surface area contributed by atoms with Crippen molar-refractivity contribution in [2.24, 2.45) is 0 Å². The number of nitrogens with zero attached hydrogens (tertiary/aromatic N) is 3. The zero-order chi connectivity index (χ0) is 34.9. The lowest BCUT2D eigenvalue weighted by atomic mass is 9.34. The Bertz CT molecular complexity index is 2780. The van der Waals surface area contributed by atoms with Crippen LogP contribution < -0.4 is 30.9 Å². The Hall–Kier alpha value is -6.98. The lowest BCUT2D eigenvalue weighted by Gasteiger charge is -2.40. The van der Waals surface area contributed by atoms with Gasteiger partial charge in [-0.25, -0.2) is 0 Å². The van der Waals surface area contributed by atoms with E-state index < -0.39 is 0 Å². The molecular weight excluding hydrogens is 645 g/mol. The molecular formula is C48H32BN3O. The van der Waals surface area contributed by atoms with Crippen molar-refractivity contribution in [1.29, 1.82) is 0 Å². The van der Waals surface area contributed by atoms with Gasteiger partial charge < -0.3 is 19.1 Å². The minimum atomic E-state index is -0.0286. The molecule has 2 aliphatic heterocycles. The first-order chi connectivity index (χ1) is 26.3. The van der Waals surface area contributed by atoms with Crippen molar-refractivity contribution in [3.05, 3.63) is 194 Å². The summed E-state index contributed by atoms with van der Waals surface area (Å²) < 4.78 is 9.48. The molecule has 3 heterocycles. The van der Waals surface area contributed by atoms with Crippen LogP contribution in [0.2, 0.25) is 0 Å². The fourth-order valence-corrected chi connectivity index (χ4v) is 8.63. The van der Waals surface area contributed by atoms with Crippen LogP contribution in [0.4, 0.5) is 34.1 Å². The van der Waals surface area contributed by atoms with Crippen molar-refractivity contribution in [3.8, 4) is 17.2 Å². The Morgan fingerprint density at radius 3 is 1.79 bits per heavy atom. The van der Waals surface area contributed by atoms with Gasteiger partial charge in [0, 0.05) is 45.2 Å². The highest BCUT2D eigenvalue weighted by atomic mass is 16.5. The molecule has 1 aromatic heterocycles. The third kappa shape index (κ3) is 4.50. The summed E-state index contributed by atoms with van der Waals surface area (Å²) in [6.07, 6.45) is 0. The van der Waals surface area contributed by atoms with Gasteiger partial charge in [-0.05, 0) is 101 Å². The van der Waals surface area contributed by atoms with Gasteiger partial charge in [0.25, 0.3) is 6.71 Å². The Balaban J connectivity index is 1.18. The summed E-state index contributed by atoms with van der Waals surface area (Å²) in [4.78, 5) is 4.76. The third-order valence-corrected chi connectivity index (χ3v) is 10.8. The standard InChI is InChI=1S/C48H32BN3O/c1-5-16-33(17-6-1)50(34-18-7-2-8-19-34)37-28-29-39-44(32-37)52(36-22-11-4-12-23-36)43-26-15-27-45-47(43)49(39)40-30-31-42-46(48(40)53-45)38-24-13-14-25-41(38)51(42)35-20-9-3-10-21-35/h1-32H. The minimum absolute atomic E-state index is 0.0286. The number of hydrogen-bond acceptors (Lipinski definition) is 3. The Kier molecular flexibility index (Phi) is 6.61. The van der Waals surface area contributed by atoms with Crippen LogP contribution in [0.15, 0.2) is 194 Å². The first-order valence-electron chi connectivity index (χ1n) is 18.1. The van der Waals surface area contributed by atoms with E-state index in [1.807, 2.05) is 0 Å². The Labute approximate surface area is 308 Å². The third-order valence-electron chi connectivity index (χ3n) is 10.8. The molecule has 0 atom stereocenters. The maximum atomic E-state index is 7.12. The predicted molar refractivity (Wildman–Crippen MR) is 221 cm³/mol. The van der Waals surface area contributed by atoms with Crippen molar-refractivity contribution >= 4 is 79.0 Å². The van der Waals surface area contributed by atoms with E-state index >= 15 is 0 Å². The quantitative estimate of drug-likeness (QED) is 0.169. The number of fused-ring (bicyclic) bond motifs is 8. The second-order valence-corrected chi connectivity index (χ2v) is 13.7. The molecule has 0 spiro atoms. The van der Waals surface area contributed by atoms with Gasteiger partial charge in [0.2, 0.25) is 0 Å². The summed E-state index contributed by atoms with van der Waals surface area (Å²) in [6.45, 7) is -0.0286. The molecule has 0 saturated carbocycles. The molecule has 0 N–H and O–H groups in total. The number of para-hydroxylation sites is 5. The molecule has 4 nitrogen and oxygen atoms in total. The van der Waals surface area contributed by atoms with Gasteiger partial charge >= 0.3 is 0 Å². The molecule has 0 radical (unpaired) electrons. The molecule has 11 rings (SSSR count).